The summed E-state index contributed by atoms with van der Waals surface area (Å²) in [4.78, 5) is 23.0. The minimum Gasteiger partial charge on any atom is -0.338 e. The standard InChI is InChI=1S/C19H22ClN3O2/c1-3-4-10-21-19(25)23-18-9-8-15(12-17(18)20)14-6-5-7-16(11-14)22-13(2)24/h5-9,11-12H,3-4,10H2,1-2H3,(H,22,24)(H2,21,23,25). The molecule has 3 amide bonds. The summed E-state index contributed by atoms with van der Waals surface area (Å²) in [5.41, 5.74) is 3.09. The minimum absolute atomic E-state index is 0.121. The molecule has 2 rings (SSSR count). The summed E-state index contributed by atoms with van der Waals surface area (Å²) in [5.74, 6) is -0.121. The van der Waals surface area contributed by atoms with Gasteiger partial charge in [-0.25, -0.2) is 4.79 Å². The molecule has 3 N–H and O–H groups in total. The quantitative estimate of drug-likeness (QED) is 0.643. The number of halogens is 1. The molecule has 132 valence electrons. The number of carbonyl (C=O) groups is 2. The Kier molecular flexibility index (Phi) is 6.83. The predicted octanol–water partition coefficient (Wildman–Crippen LogP) is 4.89. The van der Waals surface area contributed by atoms with Crippen LogP contribution in [0, 0.1) is 0 Å². The highest BCUT2D eigenvalue weighted by molar-refractivity contribution is 6.34. The summed E-state index contributed by atoms with van der Waals surface area (Å²) < 4.78 is 0. The SMILES string of the molecule is CCCCNC(=O)Nc1ccc(-c2cccc(NC(C)=O)c2)cc1Cl. The molecule has 0 aliphatic heterocycles. The third-order valence-electron chi connectivity index (χ3n) is 3.55. The lowest BCUT2D eigenvalue weighted by Crippen LogP contribution is -2.29. The highest BCUT2D eigenvalue weighted by Gasteiger charge is 2.08. The second kappa shape index (κ2) is 9.08. The Morgan fingerprint density at radius 2 is 1.80 bits per heavy atom. The topological polar surface area (TPSA) is 70.2 Å². The van der Waals surface area contributed by atoms with Crippen molar-refractivity contribution in [3.8, 4) is 11.1 Å². The number of anilines is 2. The van der Waals surface area contributed by atoms with E-state index in [4.69, 9.17) is 11.6 Å². The van der Waals surface area contributed by atoms with Gasteiger partial charge in [0.05, 0.1) is 10.7 Å². The Morgan fingerprint density at radius 3 is 2.48 bits per heavy atom. The molecule has 0 unspecified atom stereocenters. The first kappa shape index (κ1) is 18.8. The lowest BCUT2D eigenvalue weighted by atomic mass is 10.0. The lowest BCUT2D eigenvalue weighted by molar-refractivity contribution is -0.114. The fourth-order valence-electron chi connectivity index (χ4n) is 2.32. The Hall–Kier alpha value is -2.53. The molecule has 5 nitrogen and oxygen atoms in total. The second-order valence-corrected chi connectivity index (χ2v) is 6.10. The molecular formula is C19H22ClN3O2. The van der Waals surface area contributed by atoms with Crippen molar-refractivity contribution >= 4 is 34.9 Å². The van der Waals surface area contributed by atoms with Gasteiger partial charge in [-0.2, -0.15) is 0 Å². The van der Waals surface area contributed by atoms with Gasteiger partial charge in [0, 0.05) is 19.2 Å². The van der Waals surface area contributed by atoms with Crippen molar-refractivity contribution in [3.05, 3.63) is 47.5 Å². The average Bonchev–Trinajstić information content (AvgIpc) is 2.56. The zero-order valence-electron chi connectivity index (χ0n) is 14.4. The maximum atomic E-state index is 11.8. The van der Waals surface area contributed by atoms with E-state index in [9.17, 15) is 9.59 Å². The summed E-state index contributed by atoms with van der Waals surface area (Å²) in [7, 11) is 0. The summed E-state index contributed by atoms with van der Waals surface area (Å²) in [6.07, 6.45) is 1.96. The maximum absolute atomic E-state index is 11.8. The molecule has 25 heavy (non-hydrogen) atoms. The lowest BCUT2D eigenvalue weighted by Gasteiger charge is -2.11. The molecule has 0 aliphatic carbocycles. The van der Waals surface area contributed by atoms with Crippen molar-refractivity contribution in [1.82, 2.24) is 5.32 Å². The first-order valence-corrected chi connectivity index (χ1v) is 8.60. The molecule has 2 aromatic rings. The molecule has 6 heteroatoms. The largest absolute Gasteiger partial charge is 0.338 e. The maximum Gasteiger partial charge on any atom is 0.319 e. The average molecular weight is 360 g/mol. The number of nitrogens with one attached hydrogen (secondary N) is 3. The predicted molar refractivity (Wildman–Crippen MR) is 103 cm³/mol. The Balaban J connectivity index is 2.11. The van der Waals surface area contributed by atoms with Crippen LogP contribution in [0.25, 0.3) is 11.1 Å². The van der Waals surface area contributed by atoms with Crippen LogP contribution in [0.5, 0.6) is 0 Å². The van der Waals surface area contributed by atoms with Gasteiger partial charge < -0.3 is 16.0 Å². The van der Waals surface area contributed by atoms with Crippen molar-refractivity contribution in [2.75, 3.05) is 17.2 Å². The van der Waals surface area contributed by atoms with Crippen LogP contribution in [0.1, 0.15) is 26.7 Å². The van der Waals surface area contributed by atoms with Crippen molar-refractivity contribution in [2.24, 2.45) is 0 Å². The summed E-state index contributed by atoms with van der Waals surface area (Å²) in [6, 6.07) is 12.7. The van der Waals surface area contributed by atoms with E-state index in [2.05, 4.69) is 22.9 Å². The number of unbranched alkanes of at least 4 members (excludes halogenated alkanes) is 1. The number of urea groups is 1. The molecule has 0 aliphatic rings. The van der Waals surface area contributed by atoms with E-state index in [1.54, 1.807) is 12.1 Å². The summed E-state index contributed by atoms with van der Waals surface area (Å²) in [6.45, 7) is 4.17. The summed E-state index contributed by atoms with van der Waals surface area (Å²) in [5, 5.41) is 8.73. The monoisotopic (exact) mass is 359 g/mol. The second-order valence-electron chi connectivity index (χ2n) is 5.69. The molecule has 0 aromatic heterocycles. The van der Waals surface area contributed by atoms with Crippen LogP contribution in [-0.2, 0) is 4.79 Å². The van der Waals surface area contributed by atoms with Crippen molar-refractivity contribution in [2.45, 2.75) is 26.7 Å². The first-order valence-electron chi connectivity index (χ1n) is 8.22. The van der Waals surface area contributed by atoms with Crippen molar-refractivity contribution in [3.63, 3.8) is 0 Å². The molecule has 0 spiro atoms. The van der Waals surface area contributed by atoms with Crippen molar-refractivity contribution < 1.29 is 9.59 Å². The van der Waals surface area contributed by atoms with Crippen LogP contribution in [0.3, 0.4) is 0 Å². The Morgan fingerprint density at radius 1 is 1.04 bits per heavy atom. The normalized spacial score (nSPS) is 10.2. The molecule has 0 saturated carbocycles. The Bertz CT molecular complexity index is 762. The van der Waals surface area contributed by atoms with E-state index >= 15 is 0 Å². The zero-order chi connectivity index (χ0) is 18.2. The van der Waals surface area contributed by atoms with E-state index < -0.39 is 0 Å². The third-order valence-corrected chi connectivity index (χ3v) is 3.86. The van der Waals surface area contributed by atoms with Gasteiger partial charge in [-0.1, -0.05) is 43.1 Å². The fourth-order valence-corrected chi connectivity index (χ4v) is 2.55. The van der Waals surface area contributed by atoms with Gasteiger partial charge in [-0.15, -0.1) is 0 Å². The minimum atomic E-state index is -0.268. The van der Waals surface area contributed by atoms with Gasteiger partial charge in [0.25, 0.3) is 0 Å². The molecule has 0 heterocycles. The van der Waals surface area contributed by atoms with E-state index in [1.165, 1.54) is 6.92 Å². The van der Waals surface area contributed by atoms with Crippen LogP contribution in [0.4, 0.5) is 16.2 Å². The van der Waals surface area contributed by atoms with Gasteiger partial charge in [-0.05, 0) is 41.8 Å². The van der Waals surface area contributed by atoms with E-state index in [0.29, 0.717) is 17.3 Å². The van der Waals surface area contributed by atoms with E-state index in [-0.39, 0.29) is 11.9 Å². The first-order chi connectivity index (χ1) is 12.0. The van der Waals surface area contributed by atoms with Crippen LogP contribution in [0.15, 0.2) is 42.5 Å². The summed E-state index contributed by atoms with van der Waals surface area (Å²) >= 11 is 6.30. The number of hydrogen-bond acceptors (Lipinski definition) is 2. The zero-order valence-corrected chi connectivity index (χ0v) is 15.1. The molecule has 0 atom stereocenters. The van der Waals surface area contributed by atoms with Crippen molar-refractivity contribution in [1.29, 1.82) is 0 Å². The number of benzene rings is 2. The molecular weight excluding hydrogens is 338 g/mol. The molecule has 2 aromatic carbocycles. The van der Waals surface area contributed by atoms with Crippen LogP contribution < -0.4 is 16.0 Å². The highest BCUT2D eigenvalue weighted by Crippen LogP contribution is 2.30. The van der Waals surface area contributed by atoms with E-state index in [0.717, 1.165) is 29.7 Å². The van der Waals surface area contributed by atoms with Gasteiger partial charge >= 0.3 is 6.03 Å². The van der Waals surface area contributed by atoms with Crippen LogP contribution in [-0.4, -0.2) is 18.5 Å². The number of hydrogen-bond donors (Lipinski definition) is 3. The fraction of sp³-hybridized carbons (Fsp3) is 0.263. The third kappa shape index (κ3) is 5.80. The Labute approximate surface area is 152 Å². The van der Waals surface area contributed by atoms with Crippen LogP contribution >= 0.6 is 11.6 Å². The molecule has 0 saturated heterocycles. The highest BCUT2D eigenvalue weighted by atomic mass is 35.5. The number of carbonyl (C=O) groups excluding carboxylic acids is 2. The molecule has 0 bridgehead atoms. The van der Waals surface area contributed by atoms with Gasteiger partial charge in [0.1, 0.15) is 0 Å². The molecule has 0 radical (unpaired) electrons. The number of rotatable bonds is 6. The van der Waals surface area contributed by atoms with Crippen LogP contribution in [0.2, 0.25) is 5.02 Å². The van der Waals surface area contributed by atoms with E-state index in [1.807, 2.05) is 30.3 Å². The number of amides is 3. The van der Waals surface area contributed by atoms with Gasteiger partial charge in [-0.3, -0.25) is 4.79 Å². The molecule has 0 fully saturated rings. The van der Waals surface area contributed by atoms with Gasteiger partial charge in [0.2, 0.25) is 5.91 Å². The van der Waals surface area contributed by atoms with Gasteiger partial charge in [0.15, 0.2) is 0 Å². The smallest absolute Gasteiger partial charge is 0.319 e.